The van der Waals surface area contributed by atoms with Crippen molar-refractivity contribution in [2.75, 3.05) is 13.7 Å². The van der Waals surface area contributed by atoms with E-state index in [4.69, 9.17) is 16.3 Å². The molecule has 130 valence electrons. The van der Waals surface area contributed by atoms with Crippen LogP contribution in [0.15, 0.2) is 35.5 Å². The van der Waals surface area contributed by atoms with E-state index in [9.17, 15) is 9.59 Å². The second-order valence-corrected chi connectivity index (χ2v) is 6.27. The Hall–Kier alpha value is -2.01. The van der Waals surface area contributed by atoms with E-state index >= 15 is 0 Å². The lowest BCUT2D eigenvalue weighted by Gasteiger charge is -2.33. The molecule has 24 heavy (non-hydrogen) atoms. The number of carbonyl (C=O) groups is 2. The summed E-state index contributed by atoms with van der Waals surface area (Å²) in [6.45, 7) is 4.23. The van der Waals surface area contributed by atoms with E-state index in [2.05, 4.69) is 12.2 Å². The summed E-state index contributed by atoms with van der Waals surface area (Å²) < 4.78 is 5.41. The quantitative estimate of drug-likeness (QED) is 0.622. The lowest BCUT2D eigenvalue weighted by molar-refractivity contribution is -0.139. The van der Waals surface area contributed by atoms with Crippen molar-refractivity contribution < 1.29 is 14.3 Å². The first-order valence-electron chi connectivity index (χ1n) is 8.13. The molecule has 0 radical (unpaired) electrons. The average molecular weight is 351 g/mol. The molecule has 1 aliphatic rings. The number of carbonyl (C=O) groups excluding carboxylic acids is 2. The van der Waals surface area contributed by atoms with Gasteiger partial charge in [-0.15, -0.1) is 0 Å². The van der Waals surface area contributed by atoms with Crippen LogP contribution in [0.4, 0.5) is 4.79 Å². The number of urea groups is 1. The van der Waals surface area contributed by atoms with Crippen LogP contribution >= 0.6 is 11.6 Å². The Balaban J connectivity index is 2.28. The predicted molar refractivity (Wildman–Crippen MR) is 93.7 cm³/mol. The molecule has 2 rings (SSSR count). The van der Waals surface area contributed by atoms with E-state index in [0.29, 0.717) is 22.9 Å². The molecule has 1 aliphatic heterocycles. The van der Waals surface area contributed by atoms with Crippen molar-refractivity contribution in [2.24, 2.45) is 0 Å². The van der Waals surface area contributed by atoms with Crippen molar-refractivity contribution >= 4 is 23.6 Å². The topological polar surface area (TPSA) is 58.6 Å². The van der Waals surface area contributed by atoms with Gasteiger partial charge in [0.2, 0.25) is 0 Å². The van der Waals surface area contributed by atoms with Crippen LogP contribution in [0, 0.1) is 0 Å². The smallest absolute Gasteiger partial charge is 0.338 e. The molecule has 0 aromatic heterocycles. The molecule has 1 atom stereocenters. The number of unbranched alkanes of at least 4 members (excludes halogenated alkanes) is 2. The highest BCUT2D eigenvalue weighted by molar-refractivity contribution is 6.30. The van der Waals surface area contributed by atoms with Crippen molar-refractivity contribution in [3.8, 4) is 0 Å². The molecule has 1 aromatic carbocycles. The summed E-state index contributed by atoms with van der Waals surface area (Å²) in [6.07, 6.45) is 2.91. The van der Waals surface area contributed by atoms with Crippen LogP contribution in [-0.4, -0.2) is 30.6 Å². The summed E-state index contributed by atoms with van der Waals surface area (Å²) in [5, 5.41) is 3.45. The Kier molecular flexibility index (Phi) is 6.26. The first-order valence-corrected chi connectivity index (χ1v) is 8.51. The second kappa shape index (κ2) is 8.20. The third kappa shape index (κ3) is 4.09. The van der Waals surface area contributed by atoms with E-state index in [-0.39, 0.29) is 6.03 Å². The molecule has 2 amide bonds. The van der Waals surface area contributed by atoms with Crippen molar-refractivity contribution in [3.05, 3.63) is 46.1 Å². The normalized spacial score (nSPS) is 17.8. The third-order valence-corrected chi connectivity index (χ3v) is 4.41. The molecule has 5 nitrogen and oxygen atoms in total. The number of rotatable bonds is 6. The Morgan fingerprint density at radius 3 is 2.58 bits per heavy atom. The van der Waals surface area contributed by atoms with Gasteiger partial charge in [0.15, 0.2) is 0 Å². The van der Waals surface area contributed by atoms with Gasteiger partial charge in [0.25, 0.3) is 0 Å². The molecular weight excluding hydrogens is 328 g/mol. The fourth-order valence-corrected chi connectivity index (χ4v) is 2.73. The first-order chi connectivity index (χ1) is 11.5. The predicted octanol–water partition coefficient (Wildman–Crippen LogP) is 4.04. The van der Waals surface area contributed by atoms with Gasteiger partial charge in [0.1, 0.15) is 0 Å². The minimum absolute atomic E-state index is 0.255. The van der Waals surface area contributed by atoms with Gasteiger partial charge in [-0.3, -0.25) is 0 Å². The average Bonchev–Trinajstić information content (AvgIpc) is 2.57. The zero-order valence-corrected chi connectivity index (χ0v) is 15.0. The van der Waals surface area contributed by atoms with E-state index in [1.165, 1.54) is 4.90 Å². The van der Waals surface area contributed by atoms with Crippen LogP contribution in [0.2, 0.25) is 5.02 Å². The van der Waals surface area contributed by atoms with Crippen molar-refractivity contribution in [1.82, 2.24) is 10.2 Å². The summed E-state index contributed by atoms with van der Waals surface area (Å²) in [4.78, 5) is 26.1. The molecule has 1 heterocycles. The van der Waals surface area contributed by atoms with Crippen LogP contribution in [0.3, 0.4) is 0 Å². The van der Waals surface area contributed by atoms with Crippen LogP contribution < -0.4 is 5.32 Å². The molecule has 1 aromatic rings. The molecule has 0 saturated heterocycles. The van der Waals surface area contributed by atoms with Gasteiger partial charge in [-0.25, -0.2) is 9.59 Å². The standard InChI is InChI=1S/C18H23ClN2O3/c1-4-5-6-11-24-17(22)15-12(2)21(3)18(23)20-16(15)13-7-9-14(19)10-8-13/h7-10,16H,4-6,11H2,1-3H3,(H,20,23)/t16-/m1/s1. The lowest BCUT2D eigenvalue weighted by Crippen LogP contribution is -2.46. The lowest BCUT2D eigenvalue weighted by atomic mass is 9.95. The Labute approximate surface area is 147 Å². The highest BCUT2D eigenvalue weighted by Crippen LogP contribution is 2.31. The molecule has 0 saturated carbocycles. The fourth-order valence-electron chi connectivity index (χ4n) is 2.60. The number of nitrogens with zero attached hydrogens (tertiary/aromatic N) is 1. The van der Waals surface area contributed by atoms with E-state index in [0.717, 1.165) is 24.8 Å². The molecular formula is C18H23ClN2O3. The molecule has 0 spiro atoms. The van der Waals surface area contributed by atoms with Crippen molar-refractivity contribution in [2.45, 2.75) is 39.2 Å². The van der Waals surface area contributed by atoms with Crippen LogP contribution in [0.1, 0.15) is 44.7 Å². The van der Waals surface area contributed by atoms with Gasteiger partial charge in [0, 0.05) is 17.8 Å². The Morgan fingerprint density at radius 2 is 1.96 bits per heavy atom. The summed E-state index contributed by atoms with van der Waals surface area (Å²) in [5.74, 6) is -0.393. The summed E-state index contributed by atoms with van der Waals surface area (Å²) >= 11 is 5.93. The number of allylic oxidation sites excluding steroid dienone is 1. The SMILES string of the molecule is CCCCCOC(=O)C1=C(C)N(C)C(=O)N[C@@H]1c1ccc(Cl)cc1. The van der Waals surface area contributed by atoms with Crippen molar-refractivity contribution in [3.63, 3.8) is 0 Å². The van der Waals surface area contributed by atoms with Gasteiger partial charge in [-0.2, -0.15) is 0 Å². The van der Waals surface area contributed by atoms with Gasteiger partial charge in [0.05, 0.1) is 18.2 Å². The largest absolute Gasteiger partial charge is 0.462 e. The zero-order valence-electron chi connectivity index (χ0n) is 14.3. The number of benzene rings is 1. The molecule has 0 fully saturated rings. The number of hydrogen-bond acceptors (Lipinski definition) is 3. The number of esters is 1. The summed E-state index contributed by atoms with van der Waals surface area (Å²) in [5.41, 5.74) is 1.84. The molecule has 0 bridgehead atoms. The number of ether oxygens (including phenoxy) is 1. The maximum Gasteiger partial charge on any atom is 0.338 e. The minimum Gasteiger partial charge on any atom is -0.462 e. The molecule has 6 heteroatoms. The second-order valence-electron chi connectivity index (χ2n) is 5.84. The van der Waals surface area contributed by atoms with Gasteiger partial charge in [-0.05, 0) is 31.0 Å². The van der Waals surface area contributed by atoms with Crippen molar-refractivity contribution in [1.29, 1.82) is 0 Å². The number of nitrogens with one attached hydrogen (secondary N) is 1. The van der Waals surface area contributed by atoms with Gasteiger partial charge >= 0.3 is 12.0 Å². The van der Waals surface area contributed by atoms with Gasteiger partial charge < -0.3 is 15.0 Å². The number of halogens is 1. The number of amides is 2. The van der Waals surface area contributed by atoms with E-state index in [1.807, 2.05) is 0 Å². The highest BCUT2D eigenvalue weighted by Gasteiger charge is 2.34. The minimum atomic E-state index is -0.537. The monoisotopic (exact) mass is 350 g/mol. The summed E-state index contributed by atoms with van der Waals surface area (Å²) in [7, 11) is 1.63. The Morgan fingerprint density at radius 1 is 1.29 bits per heavy atom. The van der Waals surface area contributed by atoms with Gasteiger partial charge in [-0.1, -0.05) is 43.5 Å². The third-order valence-electron chi connectivity index (χ3n) is 4.16. The van der Waals surface area contributed by atoms with Crippen LogP contribution in [0.25, 0.3) is 0 Å². The van der Waals surface area contributed by atoms with E-state index < -0.39 is 12.0 Å². The van der Waals surface area contributed by atoms with E-state index in [1.54, 1.807) is 38.2 Å². The van der Waals surface area contributed by atoms with Crippen LogP contribution in [-0.2, 0) is 9.53 Å². The molecule has 0 aliphatic carbocycles. The fraction of sp³-hybridized carbons (Fsp3) is 0.444. The molecule has 0 unspecified atom stereocenters. The molecule has 1 N–H and O–H groups in total. The first kappa shape index (κ1) is 18.3. The maximum atomic E-state index is 12.6. The van der Waals surface area contributed by atoms with Crippen LogP contribution in [0.5, 0.6) is 0 Å². The number of hydrogen-bond donors (Lipinski definition) is 1. The highest BCUT2D eigenvalue weighted by atomic mass is 35.5. The Bertz CT molecular complexity index is 640. The maximum absolute atomic E-state index is 12.6. The summed E-state index contributed by atoms with van der Waals surface area (Å²) in [6, 6.07) is 6.29. The zero-order chi connectivity index (χ0) is 17.7.